The van der Waals surface area contributed by atoms with Crippen LogP contribution in [0.3, 0.4) is 0 Å². The molecule has 2 nitrogen and oxygen atoms in total. The van der Waals surface area contributed by atoms with Crippen molar-refractivity contribution in [3.8, 4) is 0 Å². The summed E-state index contributed by atoms with van der Waals surface area (Å²) < 4.78 is 1.18. The maximum atomic E-state index is 4.43. The minimum atomic E-state index is 0.298. The molecule has 0 fully saturated rings. The molecule has 1 N–H and O–H groups in total. The molecule has 0 bridgehead atoms. The van der Waals surface area contributed by atoms with Crippen LogP contribution in [0.2, 0.25) is 0 Å². The summed E-state index contributed by atoms with van der Waals surface area (Å²) >= 11 is 5.29. The van der Waals surface area contributed by atoms with Crippen LogP contribution in [0.1, 0.15) is 23.5 Å². The summed E-state index contributed by atoms with van der Waals surface area (Å²) in [5.41, 5.74) is 1.11. The molecule has 0 aliphatic rings. The standard InChI is InChI=1S/C13H15BrN2S/c1-2-15-12(11-5-3-4-8-16-11)9-10-6-7-13(14)17-10/h3-8,12,15H,2,9H2,1H3. The molecule has 0 saturated carbocycles. The molecule has 2 aromatic heterocycles. The molecule has 0 aliphatic heterocycles. The van der Waals surface area contributed by atoms with Gasteiger partial charge in [-0.25, -0.2) is 0 Å². The second kappa shape index (κ2) is 6.28. The van der Waals surface area contributed by atoms with E-state index in [0.717, 1.165) is 18.7 Å². The van der Waals surface area contributed by atoms with Crippen molar-refractivity contribution < 1.29 is 0 Å². The van der Waals surface area contributed by atoms with Crippen molar-refractivity contribution in [2.24, 2.45) is 0 Å². The van der Waals surface area contributed by atoms with Crippen LogP contribution in [0.4, 0.5) is 0 Å². The Morgan fingerprint density at radius 2 is 2.24 bits per heavy atom. The molecule has 0 spiro atoms. The van der Waals surface area contributed by atoms with Gasteiger partial charge in [0.1, 0.15) is 0 Å². The van der Waals surface area contributed by atoms with Gasteiger partial charge in [-0.2, -0.15) is 0 Å². The summed E-state index contributed by atoms with van der Waals surface area (Å²) in [5, 5.41) is 3.49. The predicted octanol–water partition coefficient (Wildman–Crippen LogP) is 3.80. The van der Waals surface area contributed by atoms with Crippen LogP contribution in [-0.4, -0.2) is 11.5 Å². The quantitative estimate of drug-likeness (QED) is 0.908. The third-order valence-electron chi connectivity index (χ3n) is 2.53. The molecule has 90 valence electrons. The van der Waals surface area contributed by atoms with Crippen molar-refractivity contribution in [1.29, 1.82) is 0 Å². The SMILES string of the molecule is CCNC(Cc1ccc(Br)s1)c1ccccn1. The molecule has 0 saturated heterocycles. The first-order valence-electron chi connectivity index (χ1n) is 5.68. The average molecular weight is 311 g/mol. The number of hydrogen-bond donors (Lipinski definition) is 1. The number of rotatable bonds is 5. The lowest BCUT2D eigenvalue weighted by Crippen LogP contribution is -2.23. The van der Waals surface area contributed by atoms with E-state index in [9.17, 15) is 0 Å². The molecular weight excluding hydrogens is 296 g/mol. The number of nitrogens with one attached hydrogen (secondary N) is 1. The van der Waals surface area contributed by atoms with Crippen LogP contribution in [0.15, 0.2) is 40.3 Å². The first-order valence-corrected chi connectivity index (χ1v) is 7.29. The summed E-state index contributed by atoms with van der Waals surface area (Å²) in [6.07, 6.45) is 2.84. The van der Waals surface area contributed by atoms with Crippen molar-refractivity contribution in [2.45, 2.75) is 19.4 Å². The first-order chi connectivity index (χ1) is 8.29. The van der Waals surface area contributed by atoms with E-state index in [-0.39, 0.29) is 0 Å². The van der Waals surface area contributed by atoms with Gasteiger partial charge < -0.3 is 5.32 Å². The second-order valence-corrected chi connectivity index (χ2v) is 6.32. The van der Waals surface area contributed by atoms with E-state index < -0.39 is 0 Å². The average Bonchev–Trinajstić information content (AvgIpc) is 2.75. The molecule has 0 aromatic carbocycles. The summed E-state index contributed by atoms with van der Waals surface area (Å²) in [5.74, 6) is 0. The normalized spacial score (nSPS) is 12.6. The number of pyridine rings is 1. The minimum absolute atomic E-state index is 0.298. The number of nitrogens with zero attached hydrogens (tertiary/aromatic N) is 1. The van der Waals surface area contributed by atoms with Crippen LogP contribution < -0.4 is 5.32 Å². The zero-order valence-corrected chi connectivity index (χ0v) is 12.1. The van der Waals surface area contributed by atoms with Gasteiger partial charge in [-0.05, 0) is 46.7 Å². The molecular formula is C13H15BrN2S. The lowest BCUT2D eigenvalue weighted by molar-refractivity contribution is 0.540. The number of aromatic nitrogens is 1. The maximum Gasteiger partial charge on any atom is 0.0701 e. The topological polar surface area (TPSA) is 24.9 Å². The number of thiophene rings is 1. The Bertz CT molecular complexity index is 455. The van der Waals surface area contributed by atoms with Crippen molar-refractivity contribution >= 4 is 27.3 Å². The molecule has 2 aromatic rings. The van der Waals surface area contributed by atoms with E-state index in [0.29, 0.717) is 6.04 Å². The van der Waals surface area contributed by atoms with Crippen LogP contribution in [0.25, 0.3) is 0 Å². The van der Waals surface area contributed by atoms with Crippen LogP contribution in [0, 0.1) is 0 Å². The molecule has 2 heterocycles. The third-order valence-corrected chi connectivity index (χ3v) is 4.18. The van der Waals surface area contributed by atoms with Crippen LogP contribution in [-0.2, 0) is 6.42 Å². The smallest absolute Gasteiger partial charge is 0.0701 e. The van der Waals surface area contributed by atoms with Gasteiger partial charge in [0.2, 0.25) is 0 Å². The summed E-state index contributed by atoms with van der Waals surface area (Å²) in [7, 11) is 0. The number of halogens is 1. The first kappa shape index (κ1) is 12.7. The van der Waals surface area contributed by atoms with Gasteiger partial charge in [0.05, 0.1) is 15.5 Å². The van der Waals surface area contributed by atoms with E-state index >= 15 is 0 Å². The number of likely N-dealkylation sites (N-methyl/N-ethyl adjacent to an activating group) is 1. The maximum absolute atomic E-state index is 4.43. The van der Waals surface area contributed by atoms with E-state index in [1.54, 1.807) is 11.3 Å². The van der Waals surface area contributed by atoms with Gasteiger partial charge in [-0.3, -0.25) is 4.98 Å². The number of hydrogen-bond acceptors (Lipinski definition) is 3. The Kier molecular flexibility index (Phi) is 4.71. The lowest BCUT2D eigenvalue weighted by atomic mass is 10.1. The zero-order valence-electron chi connectivity index (χ0n) is 9.69. The van der Waals surface area contributed by atoms with E-state index in [1.165, 1.54) is 8.66 Å². The van der Waals surface area contributed by atoms with Crippen molar-refractivity contribution in [1.82, 2.24) is 10.3 Å². The van der Waals surface area contributed by atoms with E-state index in [4.69, 9.17) is 0 Å². The second-order valence-electron chi connectivity index (χ2n) is 3.77. The van der Waals surface area contributed by atoms with E-state index in [1.807, 2.05) is 18.3 Å². The molecule has 4 heteroatoms. The van der Waals surface area contributed by atoms with Gasteiger partial charge >= 0.3 is 0 Å². The zero-order chi connectivity index (χ0) is 12.1. The monoisotopic (exact) mass is 310 g/mol. The van der Waals surface area contributed by atoms with Gasteiger partial charge in [-0.1, -0.05) is 13.0 Å². The fourth-order valence-electron chi connectivity index (χ4n) is 1.77. The molecule has 17 heavy (non-hydrogen) atoms. The highest BCUT2D eigenvalue weighted by Crippen LogP contribution is 2.26. The molecule has 1 unspecified atom stereocenters. The van der Waals surface area contributed by atoms with E-state index in [2.05, 4.69) is 51.4 Å². The Morgan fingerprint density at radius 3 is 2.82 bits per heavy atom. The molecule has 0 aliphatic carbocycles. The van der Waals surface area contributed by atoms with Gasteiger partial charge in [0, 0.05) is 17.5 Å². The van der Waals surface area contributed by atoms with Crippen molar-refractivity contribution in [3.63, 3.8) is 0 Å². The van der Waals surface area contributed by atoms with Crippen molar-refractivity contribution in [3.05, 3.63) is 50.9 Å². The fraction of sp³-hybridized carbons (Fsp3) is 0.308. The molecule has 2 rings (SSSR count). The highest BCUT2D eigenvalue weighted by molar-refractivity contribution is 9.11. The van der Waals surface area contributed by atoms with Gasteiger partial charge in [0.25, 0.3) is 0 Å². The Balaban J connectivity index is 2.13. The molecule has 0 amide bonds. The van der Waals surface area contributed by atoms with Crippen molar-refractivity contribution in [2.75, 3.05) is 6.54 Å². The van der Waals surface area contributed by atoms with Gasteiger partial charge in [0.15, 0.2) is 0 Å². The van der Waals surface area contributed by atoms with Crippen LogP contribution in [0.5, 0.6) is 0 Å². The highest BCUT2D eigenvalue weighted by atomic mass is 79.9. The minimum Gasteiger partial charge on any atom is -0.309 e. The Morgan fingerprint density at radius 1 is 1.35 bits per heavy atom. The highest BCUT2D eigenvalue weighted by Gasteiger charge is 2.13. The Hall–Kier alpha value is -0.710. The Labute approximate surface area is 114 Å². The largest absolute Gasteiger partial charge is 0.309 e. The fourth-order valence-corrected chi connectivity index (χ4v) is 3.30. The summed E-state index contributed by atoms with van der Waals surface area (Å²) in [4.78, 5) is 5.80. The molecule has 1 atom stereocenters. The molecule has 0 radical (unpaired) electrons. The van der Waals surface area contributed by atoms with Gasteiger partial charge in [-0.15, -0.1) is 11.3 Å². The summed E-state index contributed by atoms with van der Waals surface area (Å²) in [6.45, 7) is 3.08. The lowest BCUT2D eigenvalue weighted by Gasteiger charge is -2.16. The summed E-state index contributed by atoms with van der Waals surface area (Å²) in [6, 6.07) is 10.6. The predicted molar refractivity (Wildman–Crippen MR) is 76.4 cm³/mol. The van der Waals surface area contributed by atoms with Crippen LogP contribution >= 0.6 is 27.3 Å². The third kappa shape index (κ3) is 3.63.